The van der Waals surface area contributed by atoms with Crippen molar-refractivity contribution in [2.45, 2.75) is 26.4 Å². The third kappa shape index (κ3) is 2.00. The largest absolute Gasteiger partial charge is 0.274 e. The zero-order valence-corrected chi connectivity index (χ0v) is 8.06. The van der Waals surface area contributed by atoms with Crippen molar-refractivity contribution in [3.63, 3.8) is 0 Å². The van der Waals surface area contributed by atoms with E-state index < -0.39 is 0 Å². The highest BCUT2D eigenvalue weighted by atomic mass is 31.1. The van der Waals surface area contributed by atoms with Crippen LogP contribution in [0, 0.1) is 5.41 Å². The number of rotatable bonds is 1. The molecule has 0 heterocycles. The predicted octanol–water partition coefficient (Wildman–Crippen LogP) is 3.19. The van der Waals surface area contributed by atoms with E-state index >= 15 is 0 Å². The van der Waals surface area contributed by atoms with E-state index in [1.807, 2.05) is 13.0 Å². The quantitative estimate of drug-likeness (QED) is 0.434. The molecule has 1 aliphatic carbocycles. The first kappa shape index (κ1) is 8.67. The normalized spacial score (nSPS) is 28.6. The summed E-state index contributed by atoms with van der Waals surface area (Å²) in [6.45, 7) is 6.32. The first-order valence-corrected chi connectivity index (χ1v) is 4.64. The summed E-state index contributed by atoms with van der Waals surface area (Å²) in [5.41, 5.74) is 1.46. The van der Waals surface area contributed by atoms with E-state index in [9.17, 15) is 4.57 Å². The number of hydrogen-bond donors (Lipinski definition) is 0. The third-order valence-electron chi connectivity index (χ3n) is 1.89. The molecule has 0 aromatic rings. The minimum atomic E-state index is 0.114. The summed E-state index contributed by atoms with van der Waals surface area (Å²) in [6, 6.07) is 0. The topological polar surface area (TPSA) is 17.1 Å². The standard InChI is InChI=1S/C9H13OP/c1-7-6-9(2,3)5-4-8(7)11-10/h4-6,8H,1-3H3. The van der Waals surface area contributed by atoms with E-state index in [0.717, 1.165) is 0 Å². The van der Waals surface area contributed by atoms with Crippen LogP contribution in [0.3, 0.4) is 0 Å². The van der Waals surface area contributed by atoms with E-state index in [1.54, 1.807) is 0 Å². The highest BCUT2D eigenvalue weighted by molar-refractivity contribution is 7.25. The lowest BCUT2D eigenvalue weighted by Crippen LogP contribution is -2.12. The van der Waals surface area contributed by atoms with Crippen LogP contribution in [0.4, 0.5) is 0 Å². The molecule has 1 rings (SSSR count). The van der Waals surface area contributed by atoms with Crippen molar-refractivity contribution >= 4 is 8.46 Å². The smallest absolute Gasteiger partial charge is 0.167 e. The molecular formula is C9H13OP. The molecule has 1 nitrogen and oxygen atoms in total. The minimum Gasteiger partial charge on any atom is -0.274 e. The Kier molecular flexibility index (Phi) is 2.29. The van der Waals surface area contributed by atoms with Crippen LogP contribution in [0.1, 0.15) is 20.8 Å². The molecule has 1 aliphatic rings. The summed E-state index contributed by atoms with van der Waals surface area (Å²) in [6.07, 6.45) is 6.29. The second-order valence-corrected chi connectivity index (χ2v) is 4.39. The zero-order valence-electron chi connectivity index (χ0n) is 7.16. The molecule has 0 radical (unpaired) electrons. The van der Waals surface area contributed by atoms with Gasteiger partial charge in [-0.2, -0.15) is 0 Å². The van der Waals surface area contributed by atoms with Gasteiger partial charge in [-0.25, -0.2) is 0 Å². The Morgan fingerprint density at radius 3 is 2.64 bits per heavy atom. The van der Waals surface area contributed by atoms with Crippen LogP contribution in [0.2, 0.25) is 0 Å². The van der Waals surface area contributed by atoms with E-state index in [4.69, 9.17) is 0 Å². The molecule has 0 aromatic carbocycles. The highest BCUT2D eigenvalue weighted by Crippen LogP contribution is 2.31. The summed E-state index contributed by atoms with van der Waals surface area (Å²) in [4.78, 5) is 0. The number of allylic oxidation sites excluding steroid dienone is 4. The summed E-state index contributed by atoms with van der Waals surface area (Å²) in [5.74, 6) is 0. The van der Waals surface area contributed by atoms with Crippen molar-refractivity contribution in [2.24, 2.45) is 5.41 Å². The Morgan fingerprint density at radius 1 is 1.55 bits per heavy atom. The maximum absolute atomic E-state index is 10.6. The van der Waals surface area contributed by atoms with Gasteiger partial charge in [0.25, 0.3) is 0 Å². The fourth-order valence-corrected chi connectivity index (χ4v) is 1.73. The maximum Gasteiger partial charge on any atom is 0.167 e. The highest BCUT2D eigenvalue weighted by Gasteiger charge is 2.19. The Morgan fingerprint density at radius 2 is 2.18 bits per heavy atom. The second kappa shape index (κ2) is 2.91. The lowest BCUT2D eigenvalue weighted by atomic mass is 9.86. The van der Waals surface area contributed by atoms with Crippen LogP contribution in [-0.2, 0) is 4.57 Å². The first-order valence-electron chi connectivity index (χ1n) is 3.76. The van der Waals surface area contributed by atoms with Crippen LogP contribution >= 0.6 is 8.46 Å². The third-order valence-corrected chi connectivity index (χ3v) is 2.69. The lowest BCUT2D eigenvalue weighted by molar-refractivity contribution is 0.589. The van der Waals surface area contributed by atoms with Gasteiger partial charge in [0.2, 0.25) is 0 Å². The zero-order chi connectivity index (χ0) is 8.48. The molecule has 0 amide bonds. The van der Waals surface area contributed by atoms with Crippen LogP contribution in [0.25, 0.3) is 0 Å². The fourth-order valence-electron chi connectivity index (χ4n) is 1.33. The van der Waals surface area contributed by atoms with E-state index in [2.05, 4.69) is 26.0 Å². The van der Waals surface area contributed by atoms with Gasteiger partial charge in [0.15, 0.2) is 8.46 Å². The Balaban J connectivity index is 2.88. The van der Waals surface area contributed by atoms with Crippen molar-refractivity contribution in [3.05, 3.63) is 23.8 Å². The SMILES string of the molecule is CC1=CC(C)(C)C=CC1P=O. The molecule has 1 atom stereocenters. The van der Waals surface area contributed by atoms with E-state index in [1.165, 1.54) is 5.57 Å². The fraction of sp³-hybridized carbons (Fsp3) is 0.556. The van der Waals surface area contributed by atoms with Gasteiger partial charge in [-0.1, -0.05) is 37.6 Å². The van der Waals surface area contributed by atoms with E-state index in [-0.39, 0.29) is 19.5 Å². The van der Waals surface area contributed by atoms with Crippen molar-refractivity contribution in [1.29, 1.82) is 0 Å². The minimum absolute atomic E-state index is 0.114. The predicted molar refractivity (Wildman–Crippen MR) is 48.1 cm³/mol. The first-order chi connectivity index (χ1) is 5.05. The molecular weight excluding hydrogens is 155 g/mol. The van der Waals surface area contributed by atoms with Crippen molar-refractivity contribution in [2.75, 3.05) is 0 Å². The van der Waals surface area contributed by atoms with Crippen LogP contribution in [-0.4, -0.2) is 5.66 Å². The molecule has 0 saturated heterocycles. The van der Waals surface area contributed by atoms with Crippen LogP contribution < -0.4 is 0 Å². The lowest BCUT2D eigenvalue weighted by Gasteiger charge is -2.22. The van der Waals surface area contributed by atoms with Crippen LogP contribution in [0.15, 0.2) is 23.8 Å². The molecule has 0 aromatic heterocycles. The van der Waals surface area contributed by atoms with Crippen molar-refractivity contribution < 1.29 is 4.57 Å². The van der Waals surface area contributed by atoms with Gasteiger partial charge in [-0.15, -0.1) is 0 Å². The molecule has 0 fully saturated rings. The molecule has 0 saturated carbocycles. The molecule has 60 valence electrons. The van der Waals surface area contributed by atoms with E-state index in [0.29, 0.717) is 0 Å². The van der Waals surface area contributed by atoms with Gasteiger partial charge in [-0.3, -0.25) is 4.57 Å². The van der Waals surface area contributed by atoms with Crippen molar-refractivity contribution in [1.82, 2.24) is 0 Å². The summed E-state index contributed by atoms with van der Waals surface area (Å²) in [5, 5.41) is 0. The Labute approximate surface area is 69.4 Å². The summed E-state index contributed by atoms with van der Waals surface area (Å²) < 4.78 is 10.6. The van der Waals surface area contributed by atoms with Gasteiger partial charge in [-0.05, 0) is 6.92 Å². The van der Waals surface area contributed by atoms with Gasteiger partial charge < -0.3 is 0 Å². The summed E-state index contributed by atoms with van der Waals surface area (Å²) >= 11 is 0. The van der Waals surface area contributed by atoms with Gasteiger partial charge in [0.05, 0.1) is 5.66 Å². The Hall–Kier alpha value is -0.420. The molecule has 0 N–H and O–H groups in total. The molecule has 2 heteroatoms. The van der Waals surface area contributed by atoms with Crippen LogP contribution in [0.5, 0.6) is 0 Å². The van der Waals surface area contributed by atoms with Gasteiger partial charge in [0.1, 0.15) is 0 Å². The number of hydrogen-bond acceptors (Lipinski definition) is 1. The summed E-state index contributed by atoms with van der Waals surface area (Å²) in [7, 11) is 0.204. The molecule has 11 heavy (non-hydrogen) atoms. The monoisotopic (exact) mass is 168 g/mol. The average molecular weight is 168 g/mol. The molecule has 1 unspecified atom stereocenters. The average Bonchev–Trinajstić information content (AvgIpc) is 1.86. The molecule has 0 spiro atoms. The molecule has 0 bridgehead atoms. The molecule has 0 aliphatic heterocycles. The van der Waals surface area contributed by atoms with Gasteiger partial charge in [0, 0.05) is 5.41 Å². The van der Waals surface area contributed by atoms with Gasteiger partial charge >= 0.3 is 0 Å². The van der Waals surface area contributed by atoms with Crippen molar-refractivity contribution in [3.8, 4) is 0 Å². The maximum atomic E-state index is 10.6. The Bertz CT molecular complexity index is 226. The second-order valence-electron chi connectivity index (χ2n) is 3.62.